The Hall–Kier alpha value is -1.85. The van der Waals surface area contributed by atoms with Crippen LogP contribution in [-0.4, -0.2) is 46.8 Å². The monoisotopic (exact) mass is 290 g/mol. The number of carbonyl (C=O) groups excluding carboxylic acids is 2. The maximum Gasteiger partial charge on any atom is 0.344 e. The Morgan fingerprint density at radius 3 is 2.52 bits per heavy atom. The Bertz CT molecular complexity index is 552. The molecule has 0 aromatic carbocycles. The minimum absolute atomic E-state index is 0.0768. The fourth-order valence-corrected chi connectivity index (χ4v) is 3.43. The van der Waals surface area contributed by atoms with Crippen molar-refractivity contribution in [3.05, 3.63) is 12.4 Å². The second-order valence-electron chi connectivity index (χ2n) is 6.42. The highest BCUT2D eigenvalue weighted by Crippen LogP contribution is 2.43. The van der Waals surface area contributed by atoms with Crippen LogP contribution >= 0.6 is 0 Å². The first-order chi connectivity index (χ1) is 10.0. The van der Waals surface area contributed by atoms with Gasteiger partial charge >= 0.3 is 6.03 Å². The van der Waals surface area contributed by atoms with E-state index in [4.69, 9.17) is 0 Å². The van der Waals surface area contributed by atoms with Crippen LogP contribution in [0.5, 0.6) is 0 Å². The molecule has 0 bridgehead atoms. The number of carbonyl (C=O) groups is 2. The molecule has 6 nitrogen and oxygen atoms in total. The van der Waals surface area contributed by atoms with E-state index in [-0.39, 0.29) is 11.9 Å². The van der Waals surface area contributed by atoms with Crippen LogP contribution in [0.15, 0.2) is 12.4 Å². The van der Waals surface area contributed by atoms with Gasteiger partial charge in [0.05, 0.1) is 18.1 Å². The van der Waals surface area contributed by atoms with Crippen molar-refractivity contribution in [3.63, 3.8) is 0 Å². The van der Waals surface area contributed by atoms with Crippen LogP contribution in [0, 0.1) is 5.41 Å². The lowest BCUT2D eigenvalue weighted by Crippen LogP contribution is -2.60. The van der Waals surface area contributed by atoms with Gasteiger partial charge in [0.15, 0.2) is 0 Å². The molecule has 2 amide bonds. The lowest BCUT2D eigenvalue weighted by Gasteiger charge is -2.52. The summed E-state index contributed by atoms with van der Waals surface area (Å²) in [6.07, 6.45) is 9.57. The smallest absolute Gasteiger partial charge is 0.322 e. The van der Waals surface area contributed by atoms with E-state index in [1.807, 2.05) is 4.90 Å². The molecule has 0 atom stereocenters. The Balaban J connectivity index is 1.63. The number of rotatable bonds is 1. The lowest BCUT2D eigenvalue weighted by molar-refractivity contribution is -0.116. The first-order valence-corrected chi connectivity index (χ1v) is 7.59. The maximum absolute atomic E-state index is 12.4. The van der Waals surface area contributed by atoms with E-state index in [0.29, 0.717) is 11.1 Å². The summed E-state index contributed by atoms with van der Waals surface area (Å²) in [6, 6.07) is -0.0885. The first kappa shape index (κ1) is 14.1. The number of nitrogens with zero attached hydrogens (tertiary/aromatic N) is 4. The predicted molar refractivity (Wildman–Crippen MR) is 79.2 cm³/mol. The largest absolute Gasteiger partial charge is 0.344 e. The van der Waals surface area contributed by atoms with Gasteiger partial charge in [0.2, 0.25) is 5.91 Å². The normalized spacial score (nSPS) is 20.2. The van der Waals surface area contributed by atoms with E-state index in [0.717, 1.165) is 13.1 Å². The minimum atomic E-state index is -0.0885. The summed E-state index contributed by atoms with van der Waals surface area (Å²) in [5.41, 5.74) is 1.02. The fraction of sp³-hybridized carbons (Fsp3) is 0.667. The van der Waals surface area contributed by atoms with Gasteiger partial charge < -0.3 is 9.80 Å². The molecule has 1 aliphatic carbocycles. The van der Waals surface area contributed by atoms with E-state index in [1.54, 1.807) is 19.4 Å². The topological polar surface area (TPSA) is 58.4 Å². The molecule has 1 saturated heterocycles. The second-order valence-corrected chi connectivity index (χ2v) is 6.42. The lowest BCUT2D eigenvalue weighted by atomic mass is 9.69. The molecule has 6 heteroatoms. The highest BCUT2D eigenvalue weighted by atomic mass is 16.2. The summed E-state index contributed by atoms with van der Waals surface area (Å²) < 4.78 is 1.34. The Morgan fingerprint density at radius 1 is 1.24 bits per heavy atom. The SMILES string of the molecule is CC(=O)N(C)c1cnn(C(=O)N2CC3(CCCCC3)C2)c1. The average Bonchev–Trinajstić information content (AvgIpc) is 2.93. The second kappa shape index (κ2) is 5.16. The van der Waals surface area contributed by atoms with E-state index in [9.17, 15) is 9.59 Å². The van der Waals surface area contributed by atoms with Gasteiger partial charge in [-0.05, 0) is 12.8 Å². The molecule has 1 aliphatic heterocycles. The zero-order chi connectivity index (χ0) is 15.0. The molecule has 1 aromatic rings. The van der Waals surface area contributed by atoms with Gasteiger partial charge in [-0.3, -0.25) is 4.79 Å². The first-order valence-electron chi connectivity index (χ1n) is 7.59. The van der Waals surface area contributed by atoms with Crippen LogP contribution in [0.2, 0.25) is 0 Å². The predicted octanol–water partition coefficient (Wildman–Crippen LogP) is 2.10. The third-order valence-electron chi connectivity index (χ3n) is 4.86. The highest BCUT2D eigenvalue weighted by molar-refractivity contribution is 5.91. The summed E-state index contributed by atoms with van der Waals surface area (Å²) in [7, 11) is 1.68. The highest BCUT2D eigenvalue weighted by Gasteiger charge is 2.45. The number of hydrogen-bond donors (Lipinski definition) is 0. The van der Waals surface area contributed by atoms with Crippen molar-refractivity contribution in [3.8, 4) is 0 Å². The molecule has 0 radical (unpaired) electrons. The minimum Gasteiger partial charge on any atom is -0.322 e. The molecule has 21 heavy (non-hydrogen) atoms. The van der Waals surface area contributed by atoms with Gasteiger partial charge in [0, 0.05) is 32.5 Å². The third kappa shape index (κ3) is 2.54. The molecule has 0 N–H and O–H groups in total. The van der Waals surface area contributed by atoms with Gasteiger partial charge in [0.25, 0.3) is 0 Å². The van der Waals surface area contributed by atoms with Crippen molar-refractivity contribution >= 4 is 17.6 Å². The van der Waals surface area contributed by atoms with Crippen molar-refractivity contribution in [1.29, 1.82) is 0 Å². The molecule has 2 aliphatic rings. The Kier molecular flexibility index (Phi) is 3.47. The molecule has 3 rings (SSSR count). The summed E-state index contributed by atoms with van der Waals surface area (Å²) in [4.78, 5) is 27.0. The van der Waals surface area contributed by atoms with Crippen molar-refractivity contribution in [2.75, 3.05) is 25.0 Å². The molecule has 2 heterocycles. The Morgan fingerprint density at radius 2 is 1.90 bits per heavy atom. The number of anilines is 1. The molecular formula is C15H22N4O2. The third-order valence-corrected chi connectivity index (χ3v) is 4.86. The molecule has 114 valence electrons. The van der Waals surface area contributed by atoms with Crippen molar-refractivity contribution in [2.45, 2.75) is 39.0 Å². The number of hydrogen-bond acceptors (Lipinski definition) is 3. The number of aromatic nitrogens is 2. The number of amides is 2. The van der Waals surface area contributed by atoms with E-state index in [1.165, 1.54) is 48.6 Å². The summed E-state index contributed by atoms with van der Waals surface area (Å²) in [6.45, 7) is 3.19. The van der Waals surface area contributed by atoms with E-state index >= 15 is 0 Å². The van der Waals surface area contributed by atoms with Gasteiger partial charge in [-0.1, -0.05) is 19.3 Å². The number of likely N-dealkylation sites (tertiary alicyclic amines) is 1. The molecule has 2 fully saturated rings. The standard InChI is InChI=1S/C15H22N4O2/c1-12(20)17(2)13-8-16-19(9-13)14(21)18-10-15(11-18)6-4-3-5-7-15/h8-9H,3-7,10-11H2,1-2H3. The quantitative estimate of drug-likeness (QED) is 0.796. The van der Waals surface area contributed by atoms with Crippen LogP contribution in [0.1, 0.15) is 39.0 Å². The van der Waals surface area contributed by atoms with Crippen LogP contribution in [0.3, 0.4) is 0 Å². The maximum atomic E-state index is 12.4. The van der Waals surface area contributed by atoms with Crippen molar-refractivity contribution in [1.82, 2.24) is 14.7 Å². The van der Waals surface area contributed by atoms with Gasteiger partial charge in [0.1, 0.15) is 0 Å². The van der Waals surface area contributed by atoms with Crippen LogP contribution in [0.4, 0.5) is 10.5 Å². The molecule has 1 saturated carbocycles. The van der Waals surface area contributed by atoms with Crippen LogP contribution < -0.4 is 4.90 Å². The fourth-order valence-electron chi connectivity index (χ4n) is 3.43. The molecule has 0 unspecified atom stereocenters. The summed E-state index contributed by atoms with van der Waals surface area (Å²) >= 11 is 0. The van der Waals surface area contributed by atoms with Crippen molar-refractivity contribution < 1.29 is 9.59 Å². The summed E-state index contributed by atoms with van der Waals surface area (Å²) in [5, 5.41) is 4.09. The Labute approximate surface area is 124 Å². The van der Waals surface area contributed by atoms with Gasteiger partial charge in [-0.25, -0.2) is 4.79 Å². The van der Waals surface area contributed by atoms with Crippen LogP contribution in [0.25, 0.3) is 0 Å². The average molecular weight is 290 g/mol. The molecular weight excluding hydrogens is 268 g/mol. The molecule has 1 spiro atoms. The molecule has 1 aromatic heterocycles. The van der Waals surface area contributed by atoms with Gasteiger partial charge in [-0.2, -0.15) is 9.78 Å². The van der Waals surface area contributed by atoms with E-state index < -0.39 is 0 Å². The van der Waals surface area contributed by atoms with E-state index in [2.05, 4.69) is 5.10 Å². The van der Waals surface area contributed by atoms with Crippen molar-refractivity contribution in [2.24, 2.45) is 5.41 Å². The van der Waals surface area contributed by atoms with Crippen LogP contribution in [-0.2, 0) is 4.79 Å². The zero-order valence-corrected chi connectivity index (χ0v) is 12.7. The summed E-state index contributed by atoms with van der Waals surface area (Å²) in [5.74, 6) is -0.0768. The van der Waals surface area contributed by atoms with Gasteiger partial charge in [-0.15, -0.1) is 0 Å². The zero-order valence-electron chi connectivity index (χ0n) is 12.7.